The average Bonchev–Trinajstić information content (AvgIpc) is 2.84. The molecule has 1 unspecified atom stereocenters. The average molecular weight is 241 g/mol. The van der Waals surface area contributed by atoms with Crippen LogP contribution < -0.4 is 5.32 Å². The minimum atomic E-state index is 0.671. The Kier molecular flexibility index (Phi) is 7.82. The third kappa shape index (κ3) is 7.02. The Morgan fingerprint density at radius 2 is 1.88 bits per heavy atom. The number of hydrogen-bond donors (Lipinski definition) is 1. The Hall–Kier alpha value is -0.120. The van der Waals surface area contributed by atoms with E-state index in [1.54, 1.807) is 0 Å². The van der Waals surface area contributed by atoms with Gasteiger partial charge in [0.2, 0.25) is 0 Å². The normalized spacial score (nSPS) is 19.1. The molecule has 0 aliphatic carbocycles. The zero-order valence-electron chi connectivity index (χ0n) is 12.0. The zero-order chi connectivity index (χ0) is 12.5. The smallest absolute Gasteiger partial charge is 0.0109 e. The Morgan fingerprint density at radius 3 is 2.53 bits per heavy atom. The Bertz CT molecular complexity index is 178. The van der Waals surface area contributed by atoms with E-state index in [1.807, 2.05) is 7.05 Å². The summed E-state index contributed by atoms with van der Waals surface area (Å²) < 4.78 is 0. The van der Waals surface area contributed by atoms with Crippen molar-refractivity contribution in [3.05, 3.63) is 0 Å². The fourth-order valence-corrected chi connectivity index (χ4v) is 2.41. The Balaban J connectivity index is 1.91. The fraction of sp³-hybridized carbons (Fsp3) is 1.00. The van der Waals surface area contributed by atoms with Crippen molar-refractivity contribution in [1.29, 1.82) is 0 Å². The molecule has 1 atom stereocenters. The quantitative estimate of drug-likeness (QED) is 0.621. The first kappa shape index (κ1) is 14.9. The van der Waals surface area contributed by atoms with Gasteiger partial charge in [0.1, 0.15) is 0 Å². The van der Waals surface area contributed by atoms with Crippen LogP contribution in [0.5, 0.6) is 0 Å². The molecule has 0 bridgehead atoms. The summed E-state index contributed by atoms with van der Waals surface area (Å²) in [6, 6.07) is 0.671. The maximum absolute atomic E-state index is 3.30. The summed E-state index contributed by atoms with van der Waals surface area (Å²) in [4.78, 5) is 5.09. The van der Waals surface area contributed by atoms with Crippen LogP contribution in [-0.2, 0) is 0 Å². The van der Waals surface area contributed by atoms with E-state index in [2.05, 4.69) is 29.1 Å². The molecule has 0 saturated carbocycles. The molecule has 102 valence electrons. The number of nitrogens with one attached hydrogen (secondary N) is 1. The van der Waals surface area contributed by atoms with Crippen molar-refractivity contribution in [3.63, 3.8) is 0 Å². The van der Waals surface area contributed by atoms with Gasteiger partial charge in [-0.1, -0.05) is 6.42 Å². The molecular formula is C14H31N3. The van der Waals surface area contributed by atoms with E-state index < -0.39 is 0 Å². The number of nitrogens with zero attached hydrogens (tertiary/aromatic N) is 2. The standard InChI is InChI=1S/C14H31N3/c1-14(15-2)8-4-5-9-16(3)12-13-17-10-6-7-11-17/h14-15H,4-13H2,1-3H3. The second-order valence-electron chi connectivity index (χ2n) is 5.54. The number of hydrogen-bond acceptors (Lipinski definition) is 3. The number of likely N-dealkylation sites (tertiary alicyclic amines) is 1. The molecule has 1 fully saturated rings. The van der Waals surface area contributed by atoms with E-state index in [1.165, 1.54) is 64.8 Å². The molecule has 0 aromatic heterocycles. The van der Waals surface area contributed by atoms with Gasteiger partial charge < -0.3 is 15.1 Å². The summed E-state index contributed by atoms with van der Waals surface area (Å²) in [7, 11) is 4.31. The van der Waals surface area contributed by atoms with Crippen molar-refractivity contribution in [3.8, 4) is 0 Å². The number of likely N-dealkylation sites (N-methyl/N-ethyl adjacent to an activating group) is 1. The lowest BCUT2D eigenvalue weighted by atomic mass is 10.1. The van der Waals surface area contributed by atoms with Crippen molar-refractivity contribution in [1.82, 2.24) is 15.1 Å². The lowest BCUT2D eigenvalue weighted by Crippen LogP contribution is -2.32. The summed E-state index contributed by atoms with van der Waals surface area (Å²) in [5.74, 6) is 0. The summed E-state index contributed by atoms with van der Waals surface area (Å²) in [5, 5.41) is 3.30. The topological polar surface area (TPSA) is 18.5 Å². The van der Waals surface area contributed by atoms with Gasteiger partial charge in [0.25, 0.3) is 0 Å². The van der Waals surface area contributed by atoms with Crippen molar-refractivity contribution < 1.29 is 0 Å². The fourth-order valence-electron chi connectivity index (χ4n) is 2.41. The predicted molar refractivity (Wildman–Crippen MR) is 75.5 cm³/mol. The van der Waals surface area contributed by atoms with Gasteiger partial charge in [-0.3, -0.25) is 0 Å². The first-order valence-corrected chi connectivity index (χ1v) is 7.30. The molecule has 1 heterocycles. The van der Waals surface area contributed by atoms with Crippen LogP contribution in [0.1, 0.15) is 39.0 Å². The third-order valence-electron chi connectivity index (χ3n) is 3.92. The lowest BCUT2D eigenvalue weighted by Gasteiger charge is -2.21. The highest BCUT2D eigenvalue weighted by molar-refractivity contribution is 4.67. The van der Waals surface area contributed by atoms with Gasteiger partial charge >= 0.3 is 0 Å². The van der Waals surface area contributed by atoms with Crippen LogP contribution in [-0.4, -0.2) is 62.7 Å². The molecule has 1 rings (SSSR count). The summed E-state index contributed by atoms with van der Waals surface area (Å²) in [5.41, 5.74) is 0. The number of unbranched alkanes of at least 4 members (excludes halogenated alkanes) is 1. The molecule has 0 spiro atoms. The molecule has 3 nitrogen and oxygen atoms in total. The molecule has 0 amide bonds. The van der Waals surface area contributed by atoms with Crippen molar-refractivity contribution in [2.75, 3.05) is 46.8 Å². The van der Waals surface area contributed by atoms with Gasteiger partial charge in [-0.15, -0.1) is 0 Å². The van der Waals surface area contributed by atoms with E-state index in [9.17, 15) is 0 Å². The van der Waals surface area contributed by atoms with Crippen molar-refractivity contribution in [2.24, 2.45) is 0 Å². The second-order valence-corrected chi connectivity index (χ2v) is 5.54. The van der Waals surface area contributed by atoms with E-state index >= 15 is 0 Å². The van der Waals surface area contributed by atoms with E-state index in [-0.39, 0.29) is 0 Å². The summed E-state index contributed by atoms with van der Waals surface area (Å²) in [6.45, 7) is 8.67. The van der Waals surface area contributed by atoms with Crippen LogP contribution in [0.15, 0.2) is 0 Å². The first-order chi connectivity index (χ1) is 8.22. The van der Waals surface area contributed by atoms with Gasteiger partial charge in [-0.2, -0.15) is 0 Å². The van der Waals surface area contributed by atoms with Crippen molar-refractivity contribution in [2.45, 2.75) is 45.1 Å². The molecule has 0 aromatic carbocycles. The van der Waals surface area contributed by atoms with Crippen molar-refractivity contribution >= 4 is 0 Å². The lowest BCUT2D eigenvalue weighted by molar-refractivity contribution is 0.253. The van der Waals surface area contributed by atoms with Crippen LogP contribution in [0.4, 0.5) is 0 Å². The molecule has 1 aliphatic rings. The molecule has 1 aliphatic heterocycles. The second kappa shape index (κ2) is 8.90. The minimum absolute atomic E-state index is 0.671. The minimum Gasteiger partial charge on any atom is -0.317 e. The zero-order valence-corrected chi connectivity index (χ0v) is 12.0. The van der Waals surface area contributed by atoms with Gasteiger partial charge in [0.15, 0.2) is 0 Å². The largest absolute Gasteiger partial charge is 0.317 e. The van der Waals surface area contributed by atoms with Gasteiger partial charge in [-0.25, -0.2) is 0 Å². The molecule has 1 N–H and O–H groups in total. The highest BCUT2D eigenvalue weighted by Crippen LogP contribution is 2.07. The molecule has 3 heteroatoms. The van der Waals surface area contributed by atoms with Crippen LogP contribution in [0, 0.1) is 0 Å². The molecule has 0 radical (unpaired) electrons. The van der Waals surface area contributed by atoms with E-state index in [4.69, 9.17) is 0 Å². The van der Waals surface area contributed by atoms with E-state index in [0.29, 0.717) is 6.04 Å². The first-order valence-electron chi connectivity index (χ1n) is 7.30. The molecular weight excluding hydrogens is 210 g/mol. The Morgan fingerprint density at radius 1 is 1.18 bits per heavy atom. The van der Waals surface area contributed by atoms with Gasteiger partial charge in [0, 0.05) is 19.1 Å². The highest BCUT2D eigenvalue weighted by atomic mass is 15.2. The molecule has 0 aromatic rings. The SMILES string of the molecule is CNC(C)CCCCN(C)CCN1CCCC1. The molecule has 1 saturated heterocycles. The predicted octanol–water partition coefficient (Wildman–Crippen LogP) is 1.79. The summed E-state index contributed by atoms with van der Waals surface area (Å²) >= 11 is 0. The number of rotatable bonds is 9. The van der Waals surface area contributed by atoms with Crippen LogP contribution >= 0.6 is 0 Å². The Labute approximate surface area is 108 Å². The van der Waals surface area contributed by atoms with Gasteiger partial charge in [-0.05, 0) is 66.3 Å². The van der Waals surface area contributed by atoms with Gasteiger partial charge in [0.05, 0.1) is 0 Å². The molecule has 17 heavy (non-hydrogen) atoms. The van der Waals surface area contributed by atoms with Crippen LogP contribution in [0.25, 0.3) is 0 Å². The van der Waals surface area contributed by atoms with E-state index in [0.717, 1.165) is 0 Å². The maximum atomic E-state index is 3.30. The van der Waals surface area contributed by atoms with Crippen LogP contribution in [0.3, 0.4) is 0 Å². The maximum Gasteiger partial charge on any atom is 0.0109 e. The summed E-state index contributed by atoms with van der Waals surface area (Å²) in [6.07, 6.45) is 6.80. The third-order valence-corrected chi connectivity index (χ3v) is 3.92. The monoisotopic (exact) mass is 241 g/mol. The van der Waals surface area contributed by atoms with Crippen LogP contribution in [0.2, 0.25) is 0 Å². The highest BCUT2D eigenvalue weighted by Gasteiger charge is 2.11.